The Balaban J connectivity index is 4.19. The van der Waals surface area contributed by atoms with Crippen LogP contribution in [0.3, 0.4) is 0 Å². The highest BCUT2D eigenvalue weighted by Gasteiger charge is 2.32. The van der Waals surface area contributed by atoms with Crippen molar-refractivity contribution in [1.29, 1.82) is 0 Å². The highest BCUT2D eigenvalue weighted by molar-refractivity contribution is 5.68. The first-order valence-corrected chi connectivity index (χ1v) is 5.32. The number of rotatable bonds is 3. The zero-order valence-corrected chi connectivity index (χ0v) is 10.9. The Morgan fingerprint density at radius 3 is 1.94 bits per heavy atom. The quantitative estimate of drug-likeness (QED) is 0.838. The molecule has 0 bridgehead atoms. The smallest absolute Gasteiger partial charge is 0.422 e. The first kappa shape index (κ1) is 16.1. The summed E-state index contributed by atoms with van der Waals surface area (Å²) < 4.78 is 39.5. The molecular formula is C11H20F3NO2. The van der Waals surface area contributed by atoms with Gasteiger partial charge in [-0.25, -0.2) is 4.79 Å². The average molecular weight is 255 g/mol. The second kappa shape index (κ2) is 5.14. The topological polar surface area (TPSA) is 38.3 Å². The average Bonchev–Trinajstić information content (AvgIpc) is 1.93. The van der Waals surface area contributed by atoms with Gasteiger partial charge in [0.25, 0.3) is 0 Å². The van der Waals surface area contributed by atoms with E-state index in [-0.39, 0.29) is 5.41 Å². The molecule has 0 aromatic carbocycles. The summed E-state index contributed by atoms with van der Waals surface area (Å²) in [5.74, 6) is 0. The van der Waals surface area contributed by atoms with Gasteiger partial charge in [0, 0.05) is 5.54 Å². The van der Waals surface area contributed by atoms with E-state index in [9.17, 15) is 18.0 Å². The molecule has 0 rings (SSSR count). The summed E-state index contributed by atoms with van der Waals surface area (Å²) in [6, 6.07) is 0. The molecule has 0 saturated carbocycles. The minimum absolute atomic E-state index is 0.0409. The van der Waals surface area contributed by atoms with Gasteiger partial charge in [-0.2, -0.15) is 13.2 Å². The lowest BCUT2D eigenvalue weighted by atomic mass is 9.82. The summed E-state index contributed by atoms with van der Waals surface area (Å²) >= 11 is 0. The van der Waals surface area contributed by atoms with Gasteiger partial charge in [-0.05, 0) is 25.7 Å². The summed E-state index contributed by atoms with van der Waals surface area (Å²) in [7, 11) is 0. The molecule has 0 atom stereocenters. The lowest BCUT2D eigenvalue weighted by Crippen LogP contribution is -2.46. The van der Waals surface area contributed by atoms with Gasteiger partial charge in [0.15, 0.2) is 6.61 Å². The molecule has 0 aliphatic carbocycles. The summed E-state index contributed by atoms with van der Waals surface area (Å²) in [4.78, 5) is 11.2. The summed E-state index contributed by atoms with van der Waals surface area (Å²) in [5, 5.41) is 2.42. The monoisotopic (exact) mass is 255 g/mol. The number of hydrogen-bond acceptors (Lipinski definition) is 2. The molecule has 0 heterocycles. The van der Waals surface area contributed by atoms with Gasteiger partial charge < -0.3 is 10.1 Å². The molecule has 3 nitrogen and oxygen atoms in total. The van der Waals surface area contributed by atoms with Gasteiger partial charge in [-0.1, -0.05) is 20.8 Å². The molecule has 0 aromatic heterocycles. The molecule has 1 N–H and O–H groups in total. The maximum Gasteiger partial charge on any atom is 0.422 e. The predicted octanol–water partition coefficient (Wildman–Crippen LogP) is 3.49. The minimum atomic E-state index is -4.49. The zero-order chi connectivity index (χ0) is 13.9. The van der Waals surface area contributed by atoms with Gasteiger partial charge in [0.05, 0.1) is 0 Å². The first-order valence-electron chi connectivity index (χ1n) is 5.32. The molecule has 6 heteroatoms. The van der Waals surface area contributed by atoms with E-state index in [0.717, 1.165) is 0 Å². The molecular weight excluding hydrogens is 235 g/mol. The van der Waals surface area contributed by atoms with Crippen LogP contribution in [0.15, 0.2) is 0 Å². The number of nitrogens with one attached hydrogen (secondary N) is 1. The van der Waals surface area contributed by atoms with Crippen molar-refractivity contribution in [2.45, 2.75) is 52.8 Å². The number of carbonyl (C=O) groups excluding carboxylic acids is 1. The van der Waals surface area contributed by atoms with E-state index in [1.807, 2.05) is 20.8 Å². The van der Waals surface area contributed by atoms with E-state index in [2.05, 4.69) is 10.1 Å². The van der Waals surface area contributed by atoms with Crippen LogP contribution in [0.1, 0.15) is 41.0 Å². The lowest BCUT2D eigenvalue weighted by molar-refractivity contribution is -0.160. The minimum Gasteiger partial charge on any atom is -0.440 e. The molecule has 0 unspecified atom stereocenters. The number of alkyl carbamates (subject to hydrolysis) is 1. The standard InChI is InChI=1S/C11H20F3NO2/c1-9(2,3)6-10(4,5)15-8(16)17-7-11(12,13)14/h6-7H2,1-5H3,(H,15,16). The van der Waals surface area contributed by atoms with Crippen molar-refractivity contribution in [2.75, 3.05) is 6.61 Å². The Morgan fingerprint density at radius 1 is 1.12 bits per heavy atom. The number of alkyl halides is 3. The third kappa shape index (κ3) is 9.96. The van der Waals surface area contributed by atoms with Gasteiger partial charge in [0.2, 0.25) is 0 Å². The van der Waals surface area contributed by atoms with Crippen LogP contribution in [-0.4, -0.2) is 24.4 Å². The molecule has 0 aliphatic heterocycles. The third-order valence-corrected chi connectivity index (χ3v) is 1.78. The molecule has 0 radical (unpaired) electrons. The largest absolute Gasteiger partial charge is 0.440 e. The molecule has 1 amide bonds. The van der Waals surface area contributed by atoms with Gasteiger partial charge in [-0.3, -0.25) is 0 Å². The van der Waals surface area contributed by atoms with Crippen molar-refractivity contribution < 1.29 is 22.7 Å². The molecule has 0 fully saturated rings. The van der Waals surface area contributed by atoms with Crippen LogP contribution in [-0.2, 0) is 4.74 Å². The number of halogens is 3. The Bertz CT molecular complexity index is 267. The van der Waals surface area contributed by atoms with Crippen LogP contribution in [0, 0.1) is 5.41 Å². The number of hydrogen-bond donors (Lipinski definition) is 1. The molecule has 0 spiro atoms. The van der Waals surface area contributed by atoms with Crippen molar-refractivity contribution in [2.24, 2.45) is 5.41 Å². The van der Waals surface area contributed by atoms with E-state index >= 15 is 0 Å². The van der Waals surface area contributed by atoms with E-state index in [4.69, 9.17) is 0 Å². The van der Waals surface area contributed by atoms with Crippen LogP contribution >= 0.6 is 0 Å². The third-order valence-electron chi connectivity index (χ3n) is 1.78. The second-order valence-electron chi connectivity index (χ2n) is 5.94. The molecule has 0 saturated heterocycles. The normalized spacial score (nSPS) is 13.4. The van der Waals surface area contributed by atoms with Crippen molar-refractivity contribution in [3.8, 4) is 0 Å². The fourth-order valence-corrected chi connectivity index (χ4v) is 1.83. The zero-order valence-electron chi connectivity index (χ0n) is 10.9. The fourth-order valence-electron chi connectivity index (χ4n) is 1.83. The molecule has 0 aromatic rings. The second-order valence-corrected chi connectivity index (χ2v) is 5.94. The van der Waals surface area contributed by atoms with Crippen LogP contribution in [0.2, 0.25) is 0 Å². The van der Waals surface area contributed by atoms with Crippen LogP contribution in [0.25, 0.3) is 0 Å². The van der Waals surface area contributed by atoms with Crippen LogP contribution < -0.4 is 5.32 Å². The SMILES string of the molecule is CC(C)(C)CC(C)(C)NC(=O)OCC(F)(F)F. The van der Waals surface area contributed by atoms with Crippen molar-refractivity contribution in [3.63, 3.8) is 0 Å². The van der Waals surface area contributed by atoms with Crippen LogP contribution in [0.5, 0.6) is 0 Å². The van der Waals surface area contributed by atoms with Gasteiger partial charge in [0.1, 0.15) is 0 Å². The summed E-state index contributed by atoms with van der Waals surface area (Å²) in [6.45, 7) is 7.87. The Labute approximate surface area is 99.7 Å². The van der Waals surface area contributed by atoms with E-state index in [0.29, 0.717) is 6.42 Å². The van der Waals surface area contributed by atoms with E-state index in [1.165, 1.54) is 0 Å². The molecule has 102 valence electrons. The Morgan fingerprint density at radius 2 is 1.59 bits per heavy atom. The van der Waals surface area contributed by atoms with Crippen molar-refractivity contribution in [3.05, 3.63) is 0 Å². The maximum absolute atomic E-state index is 11.8. The summed E-state index contributed by atoms with van der Waals surface area (Å²) in [5.41, 5.74) is -0.651. The van der Waals surface area contributed by atoms with Crippen LogP contribution in [0.4, 0.5) is 18.0 Å². The summed E-state index contributed by atoms with van der Waals surface area (Å²) in [6.07, 6.45) is -4.91. The maximum atomic E-state index is 11.8. The van der Waals surface area contributed by atoms with Gasteiger partial charge in [-0.15, -0.1) is 0 Å². The fraction of sp³-hybridized carbons (Fsp3) is 0.909. The van der Waals surface area contributed by atoms with E-state index in [1.54, 1.807) is 13.8 Å². The first-order chi connectivity index (χ1) is 7.31. The van der Waals surface area contributed by atoms with Crippen molar-refractivity contribution in [1.82, 2.24) is 5.32 Å². The Kier molecular flexibility index (Phi) is 4.86. The number of ether oxygens (including phenoxy) is 1. The number of amides is 1. The Hall–Kier alpha value is -0.940. The molecule has 0 aliphatic rings. The highest BCUT2D eigenvalue weighted by Crippen LogP contribution is 2.26. The predicted molar refractivity (Wildman–Crippen MR) is 58.7 cm³/mol. The number of carbonyl (C=O) groups is 1. The lowest BCUT2D eigenvalue weighted by Gasteiger charge is -2.32. The molecule has 17 heavy (non-hydrogen) atoms. The highest BCUT2D eigenvalue weighted by atomic mass is 19.4. The van der Waals surface area contributed by atoms with Gasteiger partial charge >= 0.3 is 12.3 Å². The van der Waals surface area contributed by atoms with Crippen molar-refractivity contribution >= 4 is 6.09 Å². The van der Waals surface area contributed by atoms with E-state index < -0.39 is 24.4 Å².